The number of nitrogens with one attached hydrogen (secondary N) is 1. The minimum atomic E-state index is -3.35. The number of anilines is 1. The predicted molar refractivity (Wildman–Crippen MR) is 133 cm³/mol. The molecule has 194 valence electrons. The Kier molecular flexibility index (Phi) is 8.61. The minimum absolute atomic E-state index is 0.130. The topological polar surface area (TPSA) is 121 Å². The van der Waals surface area contributed by atoms with E-state index in [1.165, 1.54) is 18.2 Å². The average molecular weight is 537 g/mol. The van der Waals surface area contributed by atoms with Crippen LogP contribution < -0.4 is 5.32 Å². The van der Waals surface area contributed by atoms with E-state index in [2.05, 4.69) is 10.3 Å². The van der Waals surface area contributed by atoms with E-state index in [1.807, 2.05) is 0 Å². The van der Waals surface area contributed by atoms with E-state index >= 15 is 0 Å². The van der Waals surface area contributed by atoms with Crippen molar-refractivity contribution < 1.29 is 32.2 Å². The minimum Gasteiger partial charge on any atom is -0.466 e. The van der Waals surface area contributed by atoms with Gasteiger partial charge in [0.25, 0.3) is 5.91 Å². The van der Waals surface area contributed by atoms with Crippen molar-refractivity contribution in [3.8, 4) is 0 Å². The zero-order valence-corrected chi connectivity index (χ0v) is 21.5. The van der Waals surface area contributed by atoms with Crippen LogP contribution in [0.25, 0.3) is 0 Å². The number of ether oxygens (including phenoxy) is 3. The fraction of sp³-hybridized carbons (Fsp3) is 0.480. The molecule has 11 heteroatoms. The maximum absolute atomic E-state index is 13.4. The van der Waals surface area contributed by atoms with Gasteiger partial charge < -0.3 is 19.5 Å². The summed E-state index contributed by atoms with van der Waals surface area (Å²) in [5, 5.41) is 2.70. The van der Waals surface area contributed by atoms with Crippen LogP contribution in [-0.2, 0) is 40.1 Å². The largest absolute Gasteiger partial charge is 0.466 e. The molecular formula is C25H29ClN2O7S. The molecule has 36 heavy (non-hydrogen) atoms. The maximum atomic E-state index is 13.4. The number of pyridine rings is 1. The number of amides is 1. The van der Waals surface area contributed by atoms with Crippen molar-refractivity contribution in [3.63, 3.8) is 0 Å². The summed E-state index contributed by atoms with van der Waals surface area (Å²) < 4.78 is 41.7. The van der Waals surface area contributed by atoms with Crippen LogP contribution in [0.5, 0.6) is 0 Å². The van der Waals surface area contributed by atoms with Gasteiger partial charge in [0.15, 0.2) is 15.9 Å². The van der Waals surface area contributed by atoms with Gasteiger partial charge in [-0.15, -0.1) is 0 Å². The van der Waals surface area contributed by atoms with Gasteiger partial charge >= 0.3 is 5.97 Å². The highest BCUT2D eigenvalue weighted by Crippen LogP contribution is 2.34. The van der Waals surface area contributed by atoms with Crippen molar-refractivity contribution in [3.05, 3.63) is 52.7 Å². The van der Waals surface area contributed by atoms with Crippen LogP contribution in [0.3, 0.4) is 0 Å². The Balaban J connectivity index is 1.54. The molecule has 1 saturated heterocycles. The molecule has 2 aromatic rings. The molecule has 4 rings (SSSR count). The van der Waals surface area contributed by atoms with Gasteiger partial charge in [0.05, 0.1) is 40.0 Å². The second-order valence-corrected chi connectivity index (χ2v) is 11.4. The van der Waals surface area contributed by atoms with E-state index in [0.717, 1.165) is 0 Å². The fourth-order valence-corrected chi connectivity index (χ4v) is 5.75. The molecule has 2 aliphatic rings. The van der Waals surface area contributed by atoms with Crippen LogP contribution in [0, 0.1) is 0 Å². The van der Waals surface area contributed by atoms with Crippen LogP contribution in [0.15, 0.2) is 41.3 Å². The summed E-state index contributed by atoms with van der Waals surface area (Å²) >= 11 is 6.17. The van der Waals surface area contributed by atoms with Crippen LogP contribution in [0.2, 0.25) is 5.02 Å². The number of hydrogen-bond donors (Lipinski definition) is 1. The molecule has 1 N–H and O–H groups in total. The SMILES string of the molecule is CCOC(=O)Cc1nc(NC(=O)C(OC2CCOCC2)c2ccc(S(=O)(=O)C3CC3)cc2)ccc1Cl. The Hall–Kier alpha value is -2.53. The number of rotatable bonds is 10. The zero-order chi connectivity index (χ0) is 25.7. The Bertz CT molecular complexity index is 1190. The summed E-state index contributed by atoms with van der Waals surface area (Å²) in [7, 11) is -3.35. The van der Waals surface area contributed by atoms with Crippen molar-refractivity contribution in [1.29, 1.82) is 0 Å². The molecule has 1 aromatic carbocycles. The molecule has 0 bridgehead atoms. The van der Waals surface area contributed by atoms with Gasteiger partial charge in [-0.2, -0.15) is 0 Å². The van der Waals surface area contributed by atoms with Gasteiger partial charge in [0.2, 0.25) is 0 Å². The van der Waals surface area contributed by atoms with Crippen molar-refractivity contribution in [1.82, 2.24) is 4.98 Å². The first-order chi connectivity index (χ1) is 17.3. The maximum Gasteiger partial charge on any atom is 0.311 e. The van der Waals surface area contributed by atoms with Gasteiger partial charge in [-0.05, 0) is 62.4 Å². The monoisotopic (exact) mass is 536 g/mol. The van der Waals surface area contributed by atoms with Gasteiger partial charge in [-0.1, -0.05) is 23.7 Å². The highest BCUT2D eigenvalue weighted by Gasteiger charge is 2.37. The number of aromatic nitrogens is 1. The number of nitrogens with zero attached hydrogens (tertiary/aromatic N) is 1. The Labute approximate surface area is 215 Å². The molecule has 1 aromatic heterocycles. The number of carbonyl (C=O) groups excluding carboxylic acids is 2. The molecule has 1 atom stereocenters. The number of halogens is 1. The standard InChI is InChI=1S/C25H29ClN2O7S/c1-2-34-23(29)15-21-20(26)9-10-22(27-21)28-25(30)24(35-17-11-13-33-14-12-17)16-3-5-18(6-4-16)36(31,32)19-7-8-19/h3-6,9-10,17,19,24H,2,7-8,11-15H2,1H3,(H,27,28,30). The molecule has 9 nitrogen and oxygen atoms in total. The summed E-state index contributed by atoms with van der Waals surface area (Å²) in [4.78, 5) is 29.8. The molecule has 1 aliphatic heterocycles. The molecular weight excluding hydrogens is 508 g/mol. The summed E-state index contributed by atoms with van der Waals surface area (Å²) in [5.74, 6) is -0.745. The number of esters is 1. The first kappa shape index (κ1) is 26.5. The summed E-state index contributed by atoms with van der Waals surface area (Å²) in [6.07, 6.45) is 1.30. The van der Waals surface area contributed by atoms with E-state index in [1.54, 1.807) is 25.1 Å². The lowest BCUT2D eigenvalue weighted by Gasteiger charge is -2.27. The number of sulfone groups is 1. The van der Waals surface area contributed by atoms with Gasteiger partial charge in [0, 0.05) is 13.2 Å². The quantitative estimate of drug-likeness (QED) is 0.457. The lowest BCUT2D eigenvalue weighted by molar-refractivity contribution is -0.142. The zero-order valence-electron chi connectivity index (χ0n) is 19.9. The summed E-state index contributed by atoms with van der Waals surface area (Å²) in [6, 6.07) is 9.35. The number of hydrogen-bond acceptors (Lipinski definition) is 8. The van der Waals surface area contributed by atoms with Gasteiger partial charge in [-0.25, -0.2) is 13.4 Å². The van der Waals surface area contributed by atoms with Gasteiger partial charge in [0.1, 0.15) is 5.82 Å². The molecule has 1 saturated carbocycles. The first-order valence-corrected chi connectivity index (χ1v) is 13.9. The third-order valence-electron chi connectivity index (χ3n) is 6.00. The molecule has 1 amide bonds. The van der Waals surface area contributed by atoms with E-state index in [4.69, 9.17) is 25.8 Å². The third-order valence-corrected chi connectivity index (χ3v) is 8.62. The van der Waals surface area contributed by atoms with Crippen LogP contribution in [0.4, 0.5) is 5.82 Å². The van der Waals surface area contributed by atoms with Crippen molar-refractivity contribution >= 4 is 39.1 Å². The third kappa shape index (κ3) is 6.61. The summed E-state index contributed by atoms with van der Waals surface area (Å²) in [6.45, 7) is 3.01. The molecule has 1 aliphatic carbocycles. The fourth-order valence-electron chi connectivity index (χ4n) is 3.92. The van der Waals surface area contributed by atoms with Crippen molar-refractivity contribution in [2.24, 2.45) is 0 Å². The molecule has 1 unspecified atom stereocenters. The normalized spacial score (nSPS) is 17.4. The first-order valence-electron chi connectivity index (χ1n) is 12.0. The lowest BCUT2D eigenvalue weighted by Crippen LogP contribution is -2.31. The Morgan fingerprint density at radius 2 is 1.81 bits per heavy atom. The molecule has 2 fully saturated rings. The predicted octanol–water partition coefficient (Wildman–Crippen LogP) is 3.65. The van der Waals surface area contributed by atoms with E-state index in [9.17, 15) is 18.0 Å². The van der Waals surface area contributed by atoms with Crippen molar-refractivity contribution in [2.75, 3.05) is 25.1 Å². The van der Waals surface area contributed by atoms with Gasteiger partial charge in [-0.3, -0.25) is 9.59 Å². The van der Waals surface area contributed by atoms with E-state index < -0.39 is 27.8 Å². The number of benzene rings is 1. The smallest absolute Gasteiger partial charge is 0.311 e. The molecule has 0 radical (unpaired) electrons. The van der Waals surface area contributed by atoms with E-state index in [-0.39, 0.29) is 45.8 Å². The lowest BCUT2D eigenvalue weighted by atomic mass is 10.1. The average Bonchev–Trinajstić information content (AvgIpc) is 3.72. The second-order valence-electron chi connectivity index (χ2n) is 8.74. The number of carbonyl (C=O) groups is 2. The Morgan fingerprint density at radius 1 is 1.11 bits per heavy atom. The van der Waals surface area contributed by atoms with Crippen LogP contribution in [0.1, 0.15) is 50.0 Å². The highest BCUT2D eigenvalue weighted by molar-refractivity contribution is 7.92. The van der Waals surface area contributed by atoms with E-state index in [0.29, 0.717) is 44.5 Å². The van der Waals surface area contributed by atoms with Crippen LogP contribution >= 0.6 is 11.6 Å². The molecule has 0 spiro atoms. The highest BCUT2D eigenvalue weighted by atomic mass is 35.5. The Morgan fingerprint density at radius 3 is 2.44 bits per heavy atom. The molecule has 2 heterocycles. The second kappa shape index (κ2) is 11.7. The van der Waals surface area contributed by atoms with Crippen molar-refractivity contribution in [2.45, 2.75) is 61.4 Å². The summed E-state index contributed by atoms with van der Waals surface area (Å²) in [5.41, 5.74) is 0.805. The van der Waals surface area contributed by atoms with Crippen LogP contribution in [-0.4, -0.2) is 56.5 Å².